The lowest BCUT2D eigenvalue weighted by molar-refractivity contribution is -0.123. The summed E-state index contributed by atoms with van der Waals surface area (Å²) in [5.74, 6) is -1.09. The maximum Gasteiger partial charge on any atom is 0.405 e. The molecule has 1 aliphatic rings. The van der Waals surface area contributed by atoms with Crippen molar-refractivity contribution in [1.29, 1.82) is 0 Å². The first-order valence-corrected chi connectivity index (χ1v) is 9.79. The highest BCUT2D eigenvalue weighted by atomic mass is 32.2. The van der Waals surface area contributed by atoms with Gasteiger partial charge in [0.1, 0.15) is 6.54 Å². The third kappa shape index (κ3) is 5.51. The number of amides is 2. The minimum atomic E-state index is -4.50. The van der Waals surface area contributed by atoms with Crippen LogP contribution in [0.15, 0.2) is 47.4 Å². The summed E-state index contributed by atoms with van der Waals surface area (Å²) in [5, 5.41) is 4.42. The van der Waals surface area contributed by atoms with E-state index in [0.717, 1.165) is 24.2 Å². The Bertz CT molecular complexity index is 884. The molecule has 1 aliphatic carbocycles. The summed E-state index contributed by atoms with van der Waals surface area (Å²) in [6.07, 6.45) is -1.21. The number of nitrogens with one attached hydrogen (secondary N) is 2. The Morgan fingerprint density at radius 2 is 1.79 bits per heavy atom. The van der Waals surface area contributed by atoms with Gasteiger partial charge in [-0.15, -0.1) is 11.8 Å². The van der Waals surface area contributed by atoms with Gasteiger partial charge in [0, 0.05) is 4.90 Å². The van der Waals surface area contributed by atoms with Crippen molar-refractivity contribution in [2.45, 2.75) is 30.3 Å². The van der Waals surface area contributed by atoms with Crippen LogP contribution < -0.4 is 10.6 Å². The quantitative estimate of drug-likeness (QED) is 0.705. The van der Waals surface area contributed by atoms with Gasteiger partial charge in [-0.25, -0.2) is 0 Å². The summed E-state index contributed by atoms with van der Waals surface area (Å²) in [6.45, 7) is -1.43. The number of hydrogen-bond acceptors (Lipinski definition) is 3. The molecule has 3 rings (SSSR count). The average molecular weight is 408 g/mol. The van der Waals surface area contributed by atoms with Crippen LogP contribution in [0.4, 0.5) is 18.9 Å². The predicted octanol–water partition coefficient (Wildman–Crippen LogP) is 4.20. The van der Waals surface area contributed by atoms with E-state index in [1.165, 1.54) is 41.1 Å². The van der Waals surface area contributed by atoms with Crippen LogP contribution in [-0.4, -0.2) is 30.3 Å². The minimum Gasteiger partial charge on any atom is -0.343 e. The number of anilines is 1. The highest BCUT2D eigenvalue weighted by molar-refractivity contribution is 8.00. The second-order valence-corrected chi connectivity index (χ2v) is 7.51. The van der Waals surface area contributed by atoms with Gasteiger partial charge in [-0.05, 0) is 54.7 Å². The number of rotatable bonds is 6. The maximum atomic E-state index is 12.3. The van der Waals surface area contributed by atoms with Crippen LogP contribution >= 0.6 is 11.8 Å². The topological polar surface area (TPSA) is 58.2 Å². The molecule has 0 fully saturated rings. The van der Waals surface area contributed by atoms with Crippen molar-refractivity contribution >= 4 is 29.3 Å². The van der Waals surface area contributed by atoms with Crippen LogP contribution in [0.2, 0.25) is 0 Å². The minimum absolute atomic E-state index is 0.0115. The van der Waals surface area contributed by atoms with Crippen LogP contribution in [0.3, 0.4) is 0 Å². The first kappa shape index (κ1) is 20.3. The highest BCUT2D eigenvalue weighted by Gasteiger charge is 2.28. The molecule has 0 saturated heterocycles. The number of para-hydroxylation sites is 1. The summed E-state index contributed by atoms with van der Waals surface area (Å²) in [6, 6.07) is 12.2. The number of carbonyl (C=O) groups excluding carboxylic acids is 2. The molecule has 148 valence electrons. The maximum absolute atomic E-state index is 12.3. The molecule has 0 heterocycles. The molecule has 0 atom stereocenters. The van der Waals surface area contributed by atoms with E-state index in [1.54, 1.807) is 6.07 Å². The molecule has 0 bridgehead atoms. The molecular weight excluding hydrogens is 389 g/mol. The van der Waals surface area contributed by atoms with Gasteiger partial charge in [0.2, 0.25) is 5.91 Å². The Balaban J connectivity index is 1.59. The van der Waals surface area contributed by atoms with Gasteiger partial charge >= 0.3 is 6.18 Å². The summed E-state index contributed by atoms with van der Waals surface area (Å²) < 4.78 is 36.9. The Kier molecular flexibility index (Phi) is 6.28. The highest BCUT2D eigenvalue weighted by Crippen LogP contribution is 2.27. The Labute approximate surface area is 164 Å². The van der Waals surface area contributed by atoms with Crippen molar-refractivity contribution in [1.82, 2.24) is 5.32 Å². The number of thioether (sulfide) groups is 1. The molecule has 4 nitrogen and oxygen atoms in total. The molecule has 2 amide bonds. The number of aryl methyl sites for hydroxylation is 2. The van der Waals surface area contributed by atoms with Crippen LogP contribution in [0, 0.1) is 0 Å². The zero-order valence-corrected chi connectivity index (χ0v) is 15.8. The fraction of sp³-hybridized carbons (Fsp3) is 0.300. The fourth-order valence-corrected chi connectivity index (χ4v) is 3.80. The number of benzene rings is 2. The van der Waals surface area contributed by atoms with Crippen molar-refractivity contribution in [3.8, 4) is 0 Å². The monoisotopic (exact) mass is 408 g/mol. The molecule has 0 aliphatic heterocycles. The number of fused-ring (bicyclic) bond motifs is 1. The summed E-state index contributed by atoms with van der Waals surface area (Å²) in [5.41, 5.74) is 2.84. The third-order valence-electron chi connectivity index (χ3n) is 4.34. The largest absolute Gasteiger partial charge is 0.405 e. The molecule has 0 spiro atoms. The predicted molar refractivity (Wildman–Crippen MR) is 103 cm³/mol. The molecule has 0 saturated carbocycles. The first-order valence-electron chi connectivity index (χ1n) is 8.80. The number of halogens is 3. The van der Waals surface area contributed by atoms with Gasteiger partial charge in [0.15, 0.2) is 0 Å². The summed E-state index contributed by atoms with van der Waals surface area (Å²) in [4.78, 5) is 25.3. The van der Waals surface area contributed by atoms with Crippen LogP contribution in [-0.2, 0) is 17.6 Å². The standard InChI is InChI=1S/C20H19F3N2O2S/c21-20(22,23)12-24-19(27)16-6-1-2-7-17(16)25-18(26)11-28-15-9-8-13-4-3-5-14(13)10-15/h1-2,6-10H,3-5,11-12H2,(H,24,27)(H,25,26). The number of hydrogen-bond donors (Lipinski definition) is 2. The third-order valence-corrected chi connectivity index (χ3v) is 5.33. The van der Waals surface area contributed by atoms with Crippen molar-refractivity contribution in [3.05, 3.63) is 59.2 Å². The molecule has 0 radical (unpaired) electrons. The van der Waals surface area contributed by atoms with Crippen LogP contribution in [0.5, 0.6) is 0 Å². The summed E-state index contributed by atoms with van der Waals surface area (Å²) >= 11 is 1.38. The van der Waals surface area contributed by atoms with Crippen molar-refractivity contribution in [3.63, 3.8) is 0 Å². The molecule has 0 unspecified atom stereocenters. The van der Waals surface area contributed by atoms with Gasteiger partial charge < -0.3 is 10.6 Å². The molecule has 0 aromatic heterocycles. The van der Waals surface area contributed by atoms with E-state index in [4.69, 9.17) is 0 Å². The second kappa shape index (κ2) is 8.68. The molecule has 2 aromatic carbocycles. The summed E-state index contributed by atoms with van der Waals surface area (Å²) in [7, 11) is 0. The van der Waals surface area contributed by atoms with Crippen molar-refractivity contribution in [2.24, 2.45) is 0 Å². The van der Waals surface area contributed by atoms with E-state index < -0.39 is 18.6 Å². The Hall–Kier alpha value is -2.48. The normalized spacial score (nSPS) is 13.1. The van der Waals surface area contributed by atoms with Crippen molar-refractivity contribution in [2.75, 3.05) is 17.6 Å². The van der Waals surface area contributed by atoms with E-state index in [1.807, 2.05) is 11.4 Å². The molecule has 28 heavy (non-hydrogen) atoms. The molecule has 2 aromatic rings. The SMILES string of the molecule is O=C(CSc1ccc2c(c1)CCC2)Nc1ccccc1C(=O)NCC(F)(F)F. The average Bonchev–Trinajstić information content (AvgIpc) is 3.12. The molecule has 8 heteroatoms. The zero-order chi connectivity index (χ0) is 20.1. The zero-order valence-electron chi connectivity index (χ0n) is 14.9. The molecular formula is C20H19F3N2O2S. The van der Waals surface area contributed by atoms with Gasteiger partial charge in [-0.1, -0.05) is 18.2 Å². The van der Waals surface area contributed by atoms with Gasteiger partial charge in [0.05, 0.1) is 17.0 Å². The van der Waals surface area contributed by atoms with Crippen LogP contribution in [0.1, 0.15) is 27.9 Å². The number of carbonyl (C=O) groups is 2. The lowest BCUT2D eigenvalue weighted by Crippen LogP contribution is -2.34. The smallest absolute Gasteiger partial charge is 0.343 e. The fourth-order valence-electron chi connectivity index (χ4n) is 3.04. The lowest BCUT2D eigenvalue weighted by Gasteiger charge is -2.12. The van der Waals surface area contributed by atoms with E-state index in [0.29, 0.717) is 0 Å². The van der Waals surface area contributed by atoms with Crippen molar-refractivity contribution < 1.29 is 22.8 Å². The van der Waals surface area contributed by atoms with Crippen LogP contribution in [0.25, 0.3) is 0 Å². The van der Waals surface area contributed by atoms with E-state index >= 15 is 0 Å². The van der Waals surface area contributed by atoms with E-state index in [-0.39, 0.29) is 22.9 Å². The Morgan fingerprint density at radius 3 is 2.57 bits per heavy atom. The van der Waals surface area contributed by atoms with Gasteiger partial charge in [0.25, 0.3) is 5.91 Å². The van der Waals surface area contributed by atoms with Gasteiger partial charge in [-0.3, -0.25) is 9.59 Å². The molecule has 2 N–H and O–H groups in total. The first-order chi connectivity index (χ1) is 13.3. The van der Waals surface area contributed by atoms with E-state index in [9.17, 15) is 22.8 Å². The van der Waals surface area contributed by atoms with Gasteiger partial charge in [-0.2, -0.15) is 13.2 Å². The lowest BCUT2D eigenvalue weighted by atomic mass is 10.1. The number of alkyl halides is 3. The second-order valence-electron chi connectivity index (χ2n) is 6.46. The Morgan fingerprint density at radius 1 is 1.04 bits per heavy atom. The van der Waals surface area contributed by atoms with E-state index in [2.05, 4.69) is 17.4 Å².